The molecule has 1 heterocycles. The number of anilines is 1. The molecule has 2 nitrogen and oxygen atoms in total. The molecule has 1 aromatic rings. The highest BCUT2D eigenvalue weighted by molar-refractivity contribution is 5.55. The molecular weight excluding hydrogens is 208 g/mol. The molecule has 2 aliphatic rings. The second-order valence-corrected chi connectivity index (χ2v) is 5.48. The summed E-state index contributed by atoms with van der Waals surface area (Å²) in [5.74, 6) is 0. The maximum atomic E-state index is 3.64. The Labute approximate surface area is 104 Å². The van der Waals surface area contributed by atoms with E-state index in [0.717, 1.165) is 12.6 Å². The Morgan fingerprint density at radius 1 is 1.24 bits per heavy atom. The van der Waals surface area contributed by atoms with Gasteiger partial charge < -0.3 is 10.2 Å². The van der Waals surface area contributed by atoms with Crippen molar-refractivity contribution in [3.05, 3.63) is 29.3 Å². The zero-order valence-corrected chi connectivity index (χ0v) is 10.7. The summed E-state index contributed by atoms with van der Waals surface area (Å²) in [5, 5.41) is 3.64. The smallest absolute Gasteiger partial charge is 0.0412 e. The molecule has 2 fully saturated rings. The standard InChI is InChI=1S/C15H22N2/c1-12-4-7-15(17-8-2-3-9-17)13(10-12)11-16-14-5-6-14/h4,7,10,14,16H,2-3,5-6,8-9,11H2,1H3. The van der Waals surface area contributed by atoms with Crippen LogP contribution in [-0.2, 0) is 6.54 Å². The monoisotopic (exact) mass is 230 g/mol. The number of hydrogen-bond donors (Lipinski definition) is 1. The summed E-state index contributed by atoms with van der Waals surface area (Å²) < 4.78 is 0. The molecule has 1 saturated carbocycles. The van der Waals surface area contributed by atoms with Crippen molar-refractivity contribution in [1.29, 1.82) is 0 Å². The second kappa shape index (κ2) is 4.69. The number of nitrogens with zero attached hydrogens (tertiary/aromatic N) is 1. The Balaban J connectivity index is 1.78. The van der Waals surface area contributed by atoms with Crippen molar-refractivity contribution in [2.75, 3.05) is 18.0 Å². The zero-order valence-electron chi connectivity index (χ0n) is 10.7. The third-order valence-corrected chi connectivity index (χ3v) is 3.84. The van der Waals surface area contributed by atoms with Crippen LogP contribution in [0, 0.1) is 6.92 Å². The molecular formula is C15H22N2. The molecule has 0 atom stereocenters. The number of nitrogens with one attached hydrogen (secondary N) is 1. The van der Waals surface area contributed by atoms with Gasteiger partial charge in [0.15, 0.2) is 0 Å². The molecule has 0 aromatic heterocycles. The molecule has 1 aliphatic carbocycles. The van der Waals surface area contributed by atoms with Crippen LogP contribution in [-0.4, -0.2) is 19.1 Å². The minimum atomic E-state index is 0.793. The second-order valence-electron chi connectivity index (χ2n) is 5.48. The molecule has 1 aromatic carbocycles. The van der Waals surface area contributed by atoms with Crippen molar-refractivity contribution in [2.24, 2.45) is 0 Å². The highest BCUT2D eigenvalue weighted by Crippen LogP contribution is 2.27. The van der Waals surface area contributed by atoms with E-state index in [0.29, 0.717) is 0 Å². The van der Waals surface area contributed by atoms with E-state index >= 15 is 0 Å². The lowest BCUT2D eigenvalue weighted by Gasteiger charge is -2.22. The Morgan fingerprint density at radius 2 is 2.00 bits per heavy atom. The van der Waals surface area contributed by atoms with Gasteiger partial charge in [0.05, 0.1) is 0 Å². The van der Waals surface area contributed by atoms with Gasteiger partial charge in [0, 0.05) is 31.4 Å². The first-order valence-electron chi connectivity index (χ1n) is 6.91. The van der Waals surface area contributed by atoms with E-state index in [9.17, 15) is 0 Å². The number of rotatable bonds is 4. The van der Waals surface area contributed by atoms with Crippen LogP contribution < -0.4 is 10.2 Å². The summed E-state index contributed by atoms with van der Waals surface area (Å²) in [4.78, 5) is 2.54. The van der Waals surface area contributed by atoms with E-state index in [4.69, 9.17) is 0 Å². The molecule has 0 bridgehead atoms. The fourth-order valence-corrected chi connectivity index (χ4v) is 2.66. The van der Waals surface area contributed by atoms with E-state index in [1.165, 1.54) is 55.6 Å². The lowest BCUT2D eigenvalue weighted by Crippen LogP contribution is -2.22. The van der Waals surface area contributed by atoms with Crippen LogP contribution in [0.15, 0.2) is 18.2 Å². The van der Waals surface area contributed by atoms with E-state index < -0.39 is 0 Å². The van der Waals surface area contributed by atoms with Gasteiger partial charge in [-0.25, -0.2) is 0 Å². The summed E-state index contributed by atoms with van der Waals surface area (Å²) in [7, 11) is 0. The summed E-state index contributed by atoms with van der Waals surface area (Å²) in [5.41, 5.74) is 4.32. The van der Waals surface area contributed by atoms with Crippen LogP contribution in [0.25, 0.3) is 0 Å². The van der Waals surface area contributed by atoms with Gasteiger partial charge >= 0.3 is 0 Å². The van der Waals surface area contributed by atoms with Crippen LogP contribution in [0.2, 0.25) is 0 Å². The normalized spacial score (nSPS) is 19.9. The summed E-state index contributed by atoms with van der Waals surface area (Å²) in [6.45, 7) is 5.70. The van der Waals surface area contributed by atoms with Crippen molar-refractivity contribution >= 4 is 5.69 Å². The largest absolute Gasteiger partial charge is 0.371 e. The van der Waals surface area contributed by atoms with Crippen LogP contribution in [0.1, 0.15) is 36.8 Å². The first kappa shape index (κ1) is 11.1. The predicted octanol–water partition coefficient (Wildman–Crippen LogP) is 2.85. The number of hydrogen-bond acceptors (Lipinski definition) is 2. The third kappa shape index (κ3) is 2.63. The Kier molecular flexibility index (Phi) is 3.06. The summed E-state index contributed by atoms with van der Waals surface area (Å²) >= 11 is 0. The molecule has 0 unspecified atom stereocenters. The minimum Gasteiger partial charge on any atom is -0.371 e. The third-order valence-electron chi connectivity index (χ3n) is 3.84. The van der Waals surface area contributed by atoms with Gasteiger partial charge in [0.25, 0.3) is 0 Å². The lowest BCUT2D eigenvalue weighted by molar-refractivity contribution is 0.685. The molecule has 2 heteroatoms. The molecule has 0 spiro atoms. The molecule has 3 rings (SSSR count). The fourth-order valence-electron chi connectivity index (χ4n) is 2.66. The molecule has 1 N–H and O–H groups in total. The van der Waals surface area contributed by atoms with Gasteiger partial charge in [-0.1, -0.05) is 17.7 Å². The average molecular weight is 230 g/mol. The van der Waals surface area contributed by atoms with Gasteiger partial charge in [0.2, 0.25) is 0 Å². The first-order chi connectivity index (χ1) is 8.33. The Bertz CT molecular complexity index is 390. The van der Waals surface area contributed by atoms with E-state index in [1.54, 1.807) is 0 Å². The highest BCUT2D eigenvalue weighted by atomic mass is 15.1. The van der Waals surface area contributed by atoms with Crippen molar-refractivity contribution in [2.45, 2.75) is 45.2 Å². The molecule has 0 radical (unpaired) electrons. The first-order valence-corrected chi connectivity index (χ1v) is 6.91. The predicted molar refractivity (Wildman–Crippen MR) is 72.5 cm³/mol. The van der Waals surface area contributed by atoms with Crippen LogP contribution in [0.4, 0.5) is 5.69 Å². The molecule has 92 valence electrons. The van der Waals surface area contributed by atoms with Gasteiger partial charge in [0.1, 0.15) is 0 Å². The maximum absolute atomic E-state index is 3.64. The highest BCUT2D eigenvalue weighted by Gasteiger charge is 2.21. The van der Waals surface area contributed by atoms with Crippen molar-refractivity contribution in [3.8, 4) is 0 Å². The number of benzene rings is 1. The fraction of sp³-hybridized carbons (Fsp3) is 0.600. The van der Waals surface area contributed by atoms with Crippen LogP contribution in [0.5, 0.6) is 0 Å². The topological polar surface area (TPSA) is 15.3 Å². The van der Waals surface area contributed by atoms with Crippen molar-refractivity contribution < 1.29 is 0 Å². The molecule has 1 aliphatic heterocycles. The van der Waals surface area contributed by atoms with E-state index in [2.05, 4.69) is 35.3 Å². The van der Waals surface area contributed by atoms with E-state index in [-0.39, 0.29) is 0 Å². The SMILES string of the molecule is Cc1ccc(N2CCCC2)c(CNC2CC2)c1. The Morgan fingerprint density at radius 3 is 2.71 bits per heavy atom. The van der Waals surface area contributed by atoms with Crippen LogP contribution >= 0.6 is 0 Å². The quantitative estimate of drug-likeness (QED) is 0.855. The van der Waals surface area contributed by atoms with Gasteiger partial charge in [-0.15, -0.1) is 0 Å². The summed E-state index contributed by atoms with van der Waals surface area (Å²) in [6, 6.07) is 7.70. The molecule has 0 amide bonds. The van der Waals surface area contributed by atoms with E-state index in [1.807, 2.05) is 0 Å². The van der Waals surface area contributed by atoms with Crippen LogP contribution in [0.3, 0.4) is 0 Å². The van der Waals surface area contributed by atoms with Crippen molar-refractivity contribution in [3.63, 3.8) is 0 Å². The van der Waals surface area contributed by atoms with Gasteiger partial charge in [-0.2, -0.15) is 0 Å². The van der Waals surface area contributed by atoms with Gasteiger partial charge in [-0.05, 0) is 44.2 Å². The lowest BCUT2D eigenvalue weighted by atomic mass is 10.1. The van der Waals surface area contributed by atoms with Gasteiger partial charge in [-0.3, -0.25) is 0 Å². The average Bonchev–Trinajstić information content (AvgIpc) is 3.00. The maximum Gasteiger partial charge on any atom is 0.0412 e. The zero-order chi connectivity index (χ0) is 11.7. The minimum absolute atomic E-state index is 0.793. The van der Waals surface area contributed by atoms with Crippen molar-refractivity contribution in [1.82, 2.24) is 5.32 Å². The summed E-state index contributed by atoms with van der Waals surface area (Å²) in [6.07, 6.45) is 5.43. The number of aryl methyl sites for hydroxylation is 1. The molecule has 1 saturated heterocycles. The molecule has 17 heavy (non-hydrogen) atoms. The Hall–Kier alpha value is -1.02.